The van der Waals surface area contributed by atoms with Crippen LogP contribution >= 0.6 is 22.6 Å². The van der Waals surface area contributed by atoms with Crippen molar-refractivity contribution >= 4 is 51.7 Å². The molecule has 174 valence electrons. The molecule has 0 bridgehead atoms. The van der Waals surface area contributed by atoms with Gasteiger partial charge in [0.25, 0.3) is 0 Å². The predicted molar refractivity (Wildman–Crippen MR) is 136 cm³/mol. The Kier molecular flexibility index (Phi) is 5.05. The van der Waals surface area contributed by atoms with Gasteiger partial charge in [0.05, 0.1) is 23.6 Å². The Morgan fingerprint density at radius 3 is 2.03 bits per heavy atom. The smallest absolute Gasteiger partial charge is 0.241 e. The first-order valence-corrected chi connectivity index (χ1v) is 12.6. The lowest BCUT2D eigenvalue weighted by Gasteiger charge is -2.27. The lowest BCUT2D eigenvalue weighted by Crippen LogP contribution is -2.51. The lowest BCUT2D eigenvalue weighted by atomic mass is 9.77. The topological polar surface area (TPSA) is 80.8 Å². The van der Waals surface area contributed by atoms with Crippen LogP contribution in [0.2, 0.25) is 0 Å². The summed E-state index contributed by atoms with van der Waals surface area (Å²) in [4.78, 5) is 56.5. The molecule has 3 aliphatic rings. The molecule has 3 unspecified atom stereocenters. The number of benzene rings is 3. The van der Waals surface area contributed by atoms with E-state index < -0.39 is 46.9 Å². The first-order valence-electron chi connectivity index (χ1n) is 11.5. The number of hydrogen-bond donors (Lipinski definition) is 0. The highest BCUT2D eigenvalue weighted by Gasteiger charge is 2.74. The Hall–Kier alpha value is -3.17. The molecule has 2 heterocycles. The molecular formula is C28H20INO5. The molecule has 1 spiro atoms. The summed E-state index contributed by atoms with van der Waals surface area (Å²) in [6.45, 7) is 2.04. The second kappa shape index (κ2) is 7.93. The molecule has 35 heavy (non-hydrogen) atoms. The minimum atomic E-state index is -2.05. The van der Waals surface area contributed by atoms with Gasteiger partial charge < -0.3 is 4.74 Å². The summed E-state index contributed by atoms with van der Waals surface area (Å²) in [5.41, 5.74) is 0.620. The van der Waals surface area contributed by atoms with E-state index in [1.54, 1.807) is 42.5 Å². The standard InChI is InChI=1S/C28H20INO5/c1-2-15-11-13-16(14-12-15)23-21-22(27(34)30(26(21)33)20-10-6-5-9-19(20)29)28(35-23)24(31)17-7-3-4-8-18(17)25(28)32/h3-14,21-23H,2H2,1H3. The Labute approximate surface area is 215 Å². The van der Waals surface area contributed by atoms with Crippen LogP contribution in [0, 0.1) is 15.4 Å². The average molecular weight is 577 g/mol. The molecule has 0 radical (unpaired) electrons. The van der Waals surface area contributed by atoms with Gasteiger partial charge >= 0.3 is 0 Å². The highest BCUT2D eigenvalue weighted by atomic mass is 127. The van der Waals surface area contributed by atoms with Crippen LogP contribution in [0.25, 0.3) is 0 Å². The normalized spacial score (nSPS) is 24.4. The number of anilines is 1. The van der Waals surface area contributed by atoms with Gasteiger partial charge in [0.2, 0.25) is 29.0 Å². The zero-order valence-corrected chi connectivity index (χ0v) is 20.9. The van der Waals surface area contributed by atoms with Crippen molar-refractivity contribution in [1.82, 2.24) is 0 Å². The summed E-state index contributed by atoms with van der Waals surface area (Å²) in [5, 5.41) is 0. The highest BCUT2D eigenvalue weighted by Crippen LogP contribution is 2.57. The summed E-state index contributed by atoms with van der Waals surface area (Å²) >= 11 is 2.08. The Morgan fingerprint density at radius 2 is 1.43 bits per heavy atom. The van der Waals surface area contributed by atoms with E-state index in [1.807, 2.05) is 37.3 Å². The van der Waals surface area contributed by atoms with Crippen LogP contribution < -0.4 is 4.90 Å². The first kappa shape index (κ1) is 22.3. The molecule has 2 fully saturated rings. The van der Waals surface area contributed by atoms with Crippen LogP contribution in [-0.4, -0.2) is 29.0 Å². The largest absolute Gasteiger partial charge is 0.349 e. The highest BCUT2D eigenvalue weighted by molar-refractivity contribution is 14.1. The van der Waals surface area contributed by atoms with Crippen molar-refractivity contribution in [3.8, 4) is 0 Å². The van der Waals surface area contributed by atoms with E-state index in [2.05, 4.69) is 22.6 Å². The lowest BCUT2D eigenvalue weighted by molar-refractivity contribution is -0.127. The molecule has 2 amide bonds. The molecule has 3 aromatic carbocycles. The second-order valence-electron chi connectivity index (χ2n) is 9.04. The van der Waals surface area contributed by atoms with E-state index in [-0.39, 0.29) is 11.1 Å². The van der Waals surface area contributed by atoms with E-state index in [0.29, 0.717) is 11.3 Å². The minimum absolute atomic E-state index is 0.228. The van der Waals surface area contributed by atoms with Crippen LogP contribution in [0.4, 0.5) is 5.69 Å². The fourth-order valence-corrected chi connectivity index (χ4v) is 6.26. The van der Waals surface area contributed by atoms with Crippen LogP contribution in [0.5, 0.6) is 0 Å². The zero-order valence-electron chi connectivity index (χ0n) is 18.7. The van der Waals surface area contributed by atoms with Crippen molar-refractivity contribution in [2.75, 3.05) is 4.90 Å². The number of fused-ring (bicyclic) bond motifs is 3. The number of ketones is 2. The third-order valence-corrected chi connectivity index (χ3v) is 8.24. The number of ether oxygens (including phenoxy) is 1. The fourth-order valence-electron chi connectivity index (χ4n) is 5.63. The first-order chi connectivity index (χ1) is 16.9. The number of carbonyl (C=O) groups excluding carboxylic acids is 4. The molecule has 0 N–H and O–H groups in total. The second-order valence-corrected chi connectivity index (χ2v) is 10.2. The summed E-state index contributed by atoms with van der Waals surface area (Å²) < 4.78 is 7.05. The van der Waals surface area contributed by atoms with Gasteiger partial charge in [0, 0.05) is 14.7 Å². The van der Waals surface area contributed by atoms with Gasteiger partial charge in [-0.2, -0.15) is 0 Å². The van der Waals surface area contributed by atoms with Crippen LogP contribution in [0.3, 0.4) is 0 Å². The number of hydrogen-bond acceptors (Lipinski definition) is 5. The maximum Gasteiger partial charge on any atom is 0.241 e. The van der Waals surface area contributed by atoms with Gasteiger partial charge in [-0.25, -0.2) is 4.90 Å². The number of para-hydroxylation sites is 1. The van der Waals surface area contributed by atoms with E-state index >= 15 is 0 Å². The maximum absolute atomic E-state index is 13.9. The molecule has 1 aliphatic carbocycles. The molecule has 3 atom stereocenters. The average Bonchev–Trinajstić information content (AvgIpc) is 3.45. The number of carbonyl (C=O) groups is 4. The molecule has 6 rings (SSSR count). The van der Waals surface area contributed by atoms with E-state index in [0.717, 1.165) is 20.5 Å². The fraction of sp³-hybridized carbons (Fsp3) is 0.214. The molecule has 2 aliphatic heterocycles. The SMILES string of the molecule is CCc1ccc(C2OC3(C(=O)c4ccccc4C3=O)C3C(=O)N(c4ccccc4I)C(=O)C23)cc1. The predicted octanol–water partition coefficient (Wildman–Crippen LogP) is 4.55. The van der Waals surface area contributed by atoms with Crippen LogP contribution in [0.1, 0.15) is 44.9 Å². The molecule has 0 aromatic heterocycles. The molecular weight excluding hydrogens is 557 g/mol. The minimum Gasteiger partial charge on any atom is -0.349 e. The van der Waals surface area contributed by atoms with E-state index in [9.17, 15) is 19.2 Å². The van der Waals surface area contributed by atoms with Crippen molar-refractivity contribution in [3.63, 3.8) is 0 Å². The summed E-state index contributed by atoms with van der Waals surface area (Å²) in [6, 6.07) is 21.2. The number of rotatable bonds is 3. The van der Waals surface area contributed by atoms with Crippen LogP contribution in [0.15, 0.2) is 72.8 Å². The van der Waals surface area contributed by atoms with Gasteiger partial charge in [-0.15, -0.1) is 0 Å². The van der Waals surface area contributed by atoms with Gasteiger partial charge in [-0.05, 0) is 52.3 Å². The van der Waals surface area contributed by atoms with Crippen molar-refractivity contribution in [2.45, 2.75) is 25.0 Å². The molecule has 7 heteroatoms. The quantitative estimate of drug-likeness (QED) is 0.259. The number of halogens is 1. The van der Waals surface area contributed by atoms with Crippen LogP contribution in [-0.2, 0) is 20.7 Å². The van der Waals surface area contributed by atoms with E-state index in [1.165, 1.54) is 0 Å². The monoisotopic (exact) mass is 577 g/mol. The Morgan fingerprint density at radius 1 is 0.829 bits per heavy atom. The molecule has 3 aromatic rings. The summed E-state index contributed by atoms with van der Waals surface area (Å²) in [7, 11) is 0. The van der Waals surface area contributed by atoms with Crippen molar-refractivity contribution in [2.24, 2.45) is 11.8 Å². The molecule has 2 saturated heterocycles. The molecule has 0 saturated carbocycles. The summed E-state index contributed by atoms with van der Waals surface area (Å²) in [5.74, 6) is -4.37. The van der Waals surface area contributed by atoms with Crippen molar-refractivity contribution < 1.29 is 23.9 Å². The number of Topliss-reactive ketones (excluding diaryl/α,β-unsaturated/α-hetero) is 2. The zero-order chi connectivity index (χ0) is 24.5. The third kappa shape index (κ3) is 2.91. The Balaban J connectivity index is 1.54. The number of nitrogens with zero attached hydrogens (tertiary/aromatic N) is 1. The third-order valence-electron chi connectivity index (χ3n) is 7.33. The Bertz CT molecular complexity index is 1390. The summed E-state index contributed by atoms with van der Waals surface area (Å²) in [6.07, 6.45) is -0.0675. The maximum atomic E-state index is 13.9. The van der Waals surface area contributed by atoms with Gasteiger partial charge in [0.15, 0.2) is 0 Å². The number of imide groups is 1. The van der Waals surface area contributed by atoms with Gasteiger partial charge in [-0.1, -0.05) is 67.6 Å². The van der Waals surface area contributed by atoms with Gasteiger partial charge in [-0.3, -0.25) is 19.2 Å². The van der Waals surface area contributed by atoms with E-state index in [4.69, 9.17) is 4.74 Å². The van der Waals surface area contributed by atoms with Crippen molar-refractivity contribution in [3.05, 3.63) is 98.6 Å². The van der Waals surface area contributed by atoms with Crippen molar-refractivity contribution in [1.29, 1.82) is 0 Å². The number of amides is 2. The number of aryl methyl sites for hydroxylation is 1. The van der Waals surface area contributed by atoms with Gasteiger partial charge in [0.1, 0.15) is 0 Å². The molecule has 6 nitrogen and oxygen atoms in total.